The lowest BCUT2D eigenvalue weighted by Gasteiger charge is -2.34. The lowest BCUT2D eigenvalue weighted by Crippen LogP contribution is -2.50. The van der Waals surface area contributed by atoms with Crippen molar-refractivity contribution in [2.24, 2.45) is 4.99 Å². The molecule has 2 heterocycles. The molecule has 0 unspecified atom stereocenters. The molecule has 0 saturated carbocycles. The molecule has 2 aromatic carbocycles. The van der Waals surface area contributed by atoms with Gasteiger partial charge in [-0.1, -0.05) is 12.1 Å². The number of aryl methyl sites for hydroxylation is 2. The molecule has 0 aromatic heterocycles. The quantitative estimate of drug-likeness (QED) is 0.580. The van der Waals surface area contributed by atoms with Gasteiger partial charge in [0, 0.05) is 48.4 Å². The highest BCUT2D eigenvalue weighted by molar-refractivity contribution is 7.92. The van der Waals surface area contributed by atoms with E-state index < -0.39 is 15.6 Å². The summed E-state index contributed by atoms with van der Waals surface area (Å²) in [5.41, 5.74) is 2.52. The molecular formula is C26H30FN5O5S. The van der Waals surface area contributed by atoms with Crippen LogP contribution < -0.4 is 20.5 Å². The zero-order chi connectivity index (χ0) is 27.7. The standard InChI is InChI=1S/C26H30FN5O5S/c1-17-14-20(31(4)25(34)28-3)15-18(2)22(17)8-13-38(35,36)32-11-9-26(10-12-32)24(33)29-23(30-26)19-6-5-7-21(16-19)37-27/h5-8,13-16H,9-12H2,1-4H3,(H,28,34)(H,29,30,33)/b13-8+. The molecule has 12 heteroatoms. The van der Waals surface area contributed by atoms with Gasteiger partial charge in [-0.3, -0.25) is 19.6 Å². The zero-order valence-corrected chi connectivity index (χ0v) is 22.4. The number of carbonyl (C=O) groups excluding carboxylic acids is 2. The van der Waals surface area contributed by atoms with Crippen LogP contribution >= 0.6 is 0 Å². The molecule has 2 N–H and O–H groups in total. The van der Waals surface area contributed by atoms with Gasteiger partial charge in [0.1, 0.15) is 11.4 Å². The first kappa shape index (κ1) is 27.3. The van der Waals surface area contributed by atoms with E-state index in [1.54, 1.807) is 32.3 Å². The van der Waals surface area contributed by atoms with Crippen LogP contribution in [0.2, 0.25) is 0 Å². The van der Waals surface area contributed by atoms with E-state index in [1.165, 1.54) is 26.7 Å². The Labute approximate surface area is 221 Å². The third-order valence-electron chi connectivity index (χ3n) is 6.98. The van der Waals surface area contributed by atoms with Crippen LogP contribution in [0.3, 0.4) is 0 Å². The maximum absolute atomic E-state index is 13.1. The van der Waals surface area contributed by atoms with Crippen LogP contribution in [0.1, 0.15) is 35.1 Å². The summed E-state index contributed by atoms with van der Waals surface area (Å²) in [6.45, 7) is 3.96. The number of carbonyl (C=O) groups is 2. The van der Waals surface area contributed by atoms with E-state index in [9.17, 15) is 22.5 Å². The number of nitrogens with one attached hydrogen (secondary N) is 2. The van der Waals surface area contributed by atoms with Crippen molar-refractivity contribution in [2.45, 2.75) is 32.2 Å². The molecule has 202 valence electrons. The van der Waals surface area contributed by atoms with E-state index in [0.717, 1.165) is 16.7 Å². The van der Waals surface area contributed by atoms with E-state index in [0.29, 0.717) is 17.1 Å². The van der Waals surface area contributed by atoms with Crippen molar-refractivity contribution in [1.82, 2.24) is 14.9 Å². The van der Waals surface area contributed by atoms with Gasteiger partial charge < -0.3 is 10.6 Å². The number of halogens is 1. The number of urea groups is 1. The minimum absolute atomic E-state index is 0.00770. The van der Waals surface area contributed by atoms with Gasteiger partial charge in [-0.15, -0.1) is 0 Å². The summed E-state index contributed by atoms with van der Waals surface area (Å²) in [6.07, 6.45) is 1.99. The van der Waals surface area contributed by atoms with E-state index in [2.05, 4.69) is 20.6 Å². The highest BCUT2D eigenvalue weighted by Crippen LogP contribution is 2.33. The minimum atomic E-state index is -3.76. The van der Waals surface area contributed by atoms with Crippen LogP contribution in [0.25, 0.3) is 6.08 Å². The van der Waals surface area contributed by atoms with Gasteiger partial charge in [0.05, 0.1) is 0 Å². The first-order valence-corrected chi connectivity index (χ1v) is 13.6. The molecule has 38 heavy (non-hydrogen) atoms. The fourth-order valence-corrected chi connectivity index (χ4v) is 5.90. The summed E-state index contributed by atoms with van der Waals surface area (Å²) in [5.74, 6) is -0.00651. The van der Waals surface area contributed by atoms with Crippen LogP contribution in [0, 0.1) is 13.8 Å². The molecule has 0 aliphatic carbocycles. The minimum Gasteiger partial charge on any atom is -0.341 e. The third kappa shape index (κ3) is 5.27. The van der Waals surface area contributed by atoms with Gasteiger partial charge in [-0.05, 0) is 73.7 Å². The summed E-state index contributed by atoms with van der Waals surface area (Å²) in [4.78, 5) is 34.6. The van der Waals surface area contributed by atoms with Gasteiger partial charge in [0.2, 0.25) is 10.0 Å². The molecule has 2 aliphatic rings. The maximum Gasteiger partial charge on any atom is 0.321 e. The van der Waals surface area contributed by atoms with E-state index in [4.69, 9.17) is 0 Å². The Hall–Kier alpha value is -3.77. The van der Waals surface area contributed by atoms with Crippen molar-refractivity contribution in [2.75, 3.05) is 32.1 Å². The van der Waals surface area contributed by atoms with Crippen molar-refractivity contribution in [1.29, 1.82) is 0 Å². The Morgan fingerprint density at radius 1 is 1.21 bits per heavy atom. The number of anilines is 1. The largest absolute Gasteiger partial charge is 0.341 e. The summed E-state index contributed by atoms with van der Waals surface area (Å²) < 4.78 is 40.1. The fourth-order valence-electron chi connectivity index (χ4n) is 4.73. The number of piperidine rings is 1. The second-order valence-corrected chi connectivity index (χ2v) is 11.2. The lowest BCUT2D eigenvalue weighted by molar-refractivity contribution is -0.124. The molecule has 2 aromatic rings. The molecule has 3 amide bonds. The molecule has 1 fully saturated rings. The smallest absolute Gasteiger partial charge is 0.321 e. The van der Waals surface area contributed by atoms with E-state index >= 15 is 0 Å². The number of aliphatic imine (C=N–C) groups is 1. The van der Waals surface area contributed by atoms with Crippen LogP contribution in [-0.2, 0) is 14.8 Å². The number of rotatable bonds is 6. The van der Waals surface area contributed by atoms with Crippen LogP contribution in [0.15, 0.2) is 46.8 Å². The van der Waals surface area contributed by atoms with Gasteiger partial charge in [-0.25, -0.2) is 13.2 Å². The number of hydrogen-bond donors (Lipinski definition) is 2. The Balaban J connectivity index is 1.48. The van der Waals surface area contributed by atoms with Crippen molar-refractivity contribution >= 4 is 39.6 Å². The number of nitrogens with zero attached hydrogens (tertiary/aromatic N) is 3. The molecule has 10 nitrogen and oxygen atoms in total. The Kier molecular flexibility index (Phi) is 7.56. The molecule has 0 atom stereocenters. The average Bonchev–Trinajstić information content (AvgIpc) is 3.22. The molecule has 0 bridgehead atoms. The highest BCUT2D eigenvalue weighted by atomic mass is 32.2. The molecule has 0 radical (unpaired) electrons. The molecule has 4 rings (SSSR count). The van der Waals surface area contributed by atoms with Crippen molar-refractivity contribution < 1.29 is 27.5 Å². The summed E-state index contributed by atoms with van der Waals surface area (Å²) >= 11 is 0. The van der Waals surface area contributed by atoms with Crippen LogP contribution in [0.4, 0.5) is 15.0 Å². The third-order valence-corrected chi connectivity index (χ3v) is 8.54. The zero-order valence-electron chi connectivity index (χ0n) is 21.6. The number of benzene rings is 2. The lowest BCUT2D eigenvalue weighted by atomic mass is 9.89. The van der Waals surface area contributed by atoms with Crippen molar-refractivity contribution in [3.05, 3.63) is 64.1 Å². The van der Waals surface area contributed by atoms with E-state index in [-0.39, 0.29) is 43.6 Å². The summed E-state index contributed by atoms with van der Waals surface area (Å²) in [7, 11) is -0.550. The van der Waals surface area contributed by atoms with Crippen molar-refractivity contribution in [3.63, 3.8) is 0 Å². The average molecular weight is 544 g/mol. The van der Waals surface area contributed by atoms with Crippen molar-refractivity contribution in [3.8, 4) is 5.75 Å². The van der Waals surface area contributed by atoms with E-state index in [1.807, 2.05) is 26.0 Å². The normalized spacial score (nSPS) is 17.4. The first-order valence-electron chi connectivity index (χ1n) is 12.0. The van der Waals surface area contributed by atoms with Gasteiger partial charge in [0.25, 0.3) is 5.91 Å². The number of sulfonamides is 1. The monoisotopic (exact) mass is 543 g/mol. The van der Waals surface area contributed by atoms with Gasteiger partial charge >= 0.3 is 6.03 Å². The Morgan fingerprint density at radius 2 is 1.87 bits per heavy atom. The molecule has 1 saturated heterocycles. The molecule has 1 spiro atoms. The fraction of sp³-hybridized carbons (Fsp3) is 0.346. The second-order valence-electron chi connectivity index (χ2n) is 9.41. The summed E-state index contributed by atoms with van der Waals surface area (Å²) in [6, 6.07) is 9.52. The number of amides is 3. The highest BCUT2D eigenvalue weighted by Gasteiger charge is 2.47. The second kappa shape index (κ2) is 10.5. The number of hydrogen-bond acceptors (Lipinski definition) is 6. The Bertz CT molecular complexity index is 1410. The molecular weight excluding hydrogens is 513 g/mol. The maximum atomic E-state index is 13.1. The molecule has 2 aliphatic heterocycles. The van der Waals surface area contributed by atoms with Gasteiger partial charge in [0.15, 0.2) is 5.75 Å². The topological polar surface area (TPSA) is 120 Å². The van der Waals surface area contributed by atoms with Crippen LogP contribution in [-0.4, -0.2) is 63.2 Å². The van der Waals surface area contributed by atoms with Gasteiger partial charge in [-0.2, -0.15) is 4.31 Å². The van der Waals surface area contributed by atoms with Crippen LogP contribution in [0.5, 0.6) is 5.75 Å². The number of amidine groups is 1. The predicted octanol–water partition coefficient (Wildman–Crippen LogP) is 3.05. The summed E-state index contributed by atoms with van der Waals surface area (Å²) in [5, 5.41) is 6.49. The Morgan fingerprint density at radius 3 is 2.47 bits per heavy atom. The first-order chi connectivity index (χ1) is 18.0. The SMILES string of the molecule is CNC(=O)N(C)c1cc(C)c(/C=C/S(=O)(=O)N2CCC3(CC2)N=C(c2cccc(OF)c2)NC3=O)c(C)c1. The predicted molar refractivity (Wildman–Crippen MR) is 143 cm³/mol.